The van der Waals surface area contributed by atoms with Crippen LogP contribution in [-0.4, -0.2) is 33.5 Å². The average Bonchev–Trinajstić information content (AvgIpc) is 3.05. The van der Waals surface area contributed by atoms with E-state index in [9.17, 15) is 15.0 Å². The van der Waals surface area contributed by atoms with Crippen LogP contribution in [0.2, 0.25) is 0 Å². The van der Waals surface area contributed by atoms with Gasteiger partial charge in [0.1, 0.15) is 18.8 Å². The first-order valence-corrected chi connectivity index (χ1v) is 8.40. The predicted molar refractivity (Wildman–Crippen MR) is 98.5 cm³/mol. The number of hydrogen-bond acceptors (Lipinski definition) is 4. The number of fused-ring (bicyclic) bond motifs is 1. The van der Waals surface area contributed by atoms with E-state index in [1.807, 2.05) is 66.3 Å². The van der Waals surface area contributed by atoms with Gasteiger partial charge in [0, 0.05) is 25.3 Å². The molecule has 2 atom stereocenters. The lowest BCUT2D eigenvalue weighted by atomic mass is 10.0. The molecule has 0 aliphatic carbocycles. The molecule has 6 heteroatoms. The number of rotatable bonds is 6. The van der Waals surface area contributed by atoms with Crippen LogP contribution in [0, 0.1) is 0 Å². The number of carbonyl (C=O) groups excluding carboxylic acids is 1. The number of aryl methyl sites for hydroxylation is 1. The standard InChI is InChI=1S/C20H22N2O4/c1-22-10-9-15-11-16(7-8-17(15)22)19(24)18(23)12-21-20(25)26-13-14-5-3-2-4-6-14/h2-11,18-19,23-24H,12-13H2,1H3,(H,21,25). The molecule has 0 spiro atoms. The maximum atomic E-state index is 11.7. The smallest absolute Gasteiger partial charge is 0.407 e. The van der Waals surface area contributed by atoms with Crippen LogP contribution in [0.1, 0.15) is 17.2 Å². The van der Waals surface area contributed by atoms with Gasteiger partial charge in [-0.25, -0.2) is 4.79 Å². The van der Waals surface area contributed by atoms with Gasteiger partial charge in [0.2, 0.25) is 0 Å². The summed E-state index contributed by atoms with van der Waals surface area (Å²) in [6.07, 6.45) is -0.949. The molecule has 0 bridgehead atoms. The van der Waals surface area contributed by atoms with Crippen molar-refractivity contribution >= 4 is 17.0 Å². The second-order valence-corrected chi connectivity index (χ2v) is 6.20. The molecule has 1 aromatic heterocycles. The number of ether oxygens (including phenoxy) is 1. The molecule has 0 radical (unpaired) electrons. The number of aliphatic hydroxyl groups is 2. The minimum absolute atomic E-state index is 0.110. The van der Waals surface area contributed by atoms with Gasteiger partial charge < -0.3 is 24.8 Å². The summed E-state index contributed by atoms with van der Waals surface area (Å²) in [5, 5.41) is 23.9. The minimum Gasteiger partial charge on any atom is -0.445 e. The Morgan fingerprint density at radius 1 is 1.15 bits per heavy atom. The lowest BCUT2D eigenvalue weighted by Gasteiger charge is -2.19. The van der Waals surface area contributed by atoms with E-state index in [1.54, 1.807) is 6.07 Å². The third kappa shape index (κ3) is 4.22. The number of alkyl carbamates (subject to hydrolysis) is 1. The number of aromatic nitrogens is 1. The lowest BCUT2D eigenvalue weighted by Crippen LogP contribution is -2.35. The van der Waals surface area contributed by atoms with Crippen molar-refractivity contribution in [3.05, 3.63) is 71.9 Å². The first-order valence-electron chi connectivity index (χ1n) is 8.40. The first-order chi connectivity index (χ1) is 12.5. The number of nitrogens with one attached hydrogen (secondary N) is 1. The molecule has 0 aliphatic rings. The number of amides is 1. The monoisotopic (exact) mass is 354 g/mol. The Balaban J connectivity index is 1.51. The quantitative estimate of drug-likeness (QED) is 0.635. The molecule has 26 heavy (non-hydrogen) atoms. The fourth-order valence-electron chi connectivity index (χ4n) is 2.78. The summed E-state index contributed by atoms with van der Waals surface area (Å²) in [5.41, 5.74) is 2.51. The highest BCUT2D eigenvalue weighted by Gasteiger charge is 2.20. The SMILES string of the molecule is Cn1ccc2cc(C(O)C(O)CNC(=O)OCc3ccccc3)ccc21. The molecule has 3 aromatic rings. The number of aliphatic hydroxyl groups excluding tert-OH is 2. The van der Waals surface area contributed by atoms with Gasteiger partial charge >= 0.3 is 6.09 Å². The Kier molecular flexibility index (Phi) is 5.55. The van der Waals surface area contributed by atoms with E-state index in [4.69, 9.17) is 4.74 Å². The van der Waals surface area contributed by atoms with Gasteiger partial charge in [-0.05, 0) is 34.7 Å². The topological polar surface area (TPSA) is 83.7 Å². The zero-order valence-electron chi connectivity index (χ0n) is 14.5. The van der Waals surface area contributed by atoms with Crippen molar-refractivity contribution in [1.82, 2.24) is 9.88 Å². The van der Waals surface area contributed by atoms with Gasteiger partial charge in [-0.1, -0.05) is 36.4 Å². The number of hydrogen-bond donors (Lipinski definition) is 3. The second kappa shape index (κ2) is 8.03. The number of carbonyl (C=O) groups is 1. The Morgan fingerprint density at radius 3 is 2.69 bits per heavy atom. The summed E-state index contributed by atoms with van der Waals surface area (Å²) in [5.74, 6) is 0. The molecule has 6 nitrogen and oxygen atoms in total. The van der Waals surface area contributed by atoms with Crippen molar-refractivity contribution in [2.75, 3.05) is 6.54 Å². The molecular weight excluding hydrogens is 332 g/mol. The predicted octanol–water partition coefficient (Wildman–Crippen LogP) is 2.50. The molecule has 136 valence electrons. The fourth-order valence-corrected chi connectivity index (χ4v) is 2.78. The van der Waals surface area contributed by atoms with E-state index in [0.717, 1.165) is 16.5 Å². The maximum Gasteiger partial charge on any atom is 0.407 e. The largest absolute Gasteiger partial charge is 0.445 e. The van der Waals surface area contributed by atoms with Crippen LogP contribution in [0.5, 0.6) is 0 Å². The summed E-state index contributed by atoms with van der Waals surface area (Å²) < 4.78 is 7.06. The lowest BCUT2D eigenvalue weighted by molar-refractivity contribution is 0.0185. The van der Waals surface area contributed by atoms with Crippen molar-refractivity contribution in [2.45, 2.75) is 18.8 Å². The van der Waals surface area contributed by atoms with Crippen LogP contribution in [0.15, 0.2) is 60.8 Å². The normalized spacial score (nSPS) is 13.3. The average molecular weight is 354 g/mol. The van der Waals surface area contributed by atoms with E-state index in [1.165, 1.54) is 0 Å². The Bertz CT molecular complexity index is 876. The van der Waals surface area contributed by atoms with Gasteiger partial charge in [0.15, 0.2) is 0 Å². The van der Waals surface area contributed by atoms with Crippen LogP contribution in [0.3, 0.4) is 0 Å². The maximum absolute atomic E-state index is 11.7. The summed E-state index contributed by atoms with van der Waals surface area (Å²) in [6.45, 7) is 0.0393. The zero-order valence-corrected chi connectivity index (χ0v) is 14.5. The van der Waals surface area contributed by atoms with Gasteiger partial charge in [0.05, 0.1) is 0 Å². The van der Waals surface area contributed by atoms with Crippen LogP contribution in [0.25, 0.3) is 10.9 Å². The van der Waals surface area contributed by atoms with Gasteiger partial charge in [-0.2, -0.15) is 0 Å². The second-order valence-electron chi connectivity index (χ2n) is 6.20. The summed E-state index contributed by atoms with van der Waals surface area (Å²) in [7, 11) is 1.94. The molecule has 3 N–H and O–H groups in total. The fraction of sp³-hybridized carbons (Fsp3) is 0.250. The molecule has 0 saturated carbocycles. The molecular formula is C20H22N2O4. The van der Waals surface area contributed by atoms with Crippen LogP contribution in [-0.2, 0) is 18.4 Å². The van der Waals surface area contributed by atoms with E-state index in [2.05, 4.69) is 5.32 Å². The Labute approximate surface area is 151 Å². The first kappa shape index (κ1) is 18.0. The molecule has 2 unspecified atom stereocenters. The summed E-state index contributed by atoms with van der Waals surface area (Å²) >= 11 is 0. The Morgan fingerprint density at radius 2 is 1.92 bits per heavy atom. The molecule has 0 aliphatic heterocycles. The highest BCUT2D eigenvalue weighted by molar-refractivity contribution is 5.80. The molecule has 1 amide bonds. The molecule has 1 heterocycles. The molecule has 0 saturated heterocycles. The zero-order chi connectivity index (χ0) is 18.5. The third-order valence-corrected chi connectivity index (χ3v) is 4.28. The van der Waals surface area contributed by atoms with Crippen LogP contribution in [0.4, 0.5) is 4.79 Å². The van der Waals surface area contributed by atoms with Crippen LogP contribution < -0.4 is 5.32 Å². The molecule has 3 rings (SSSR count). The minimum atomic E-state index is -1.14. The van der Waals surface area contributed by atoms with Crippen molar-refractivity contribution < 1.29 is 19.7 Å². The summed E-state index contributed by atoms with van der Waals surface area (Å²) in [6, 6.07) is 16.7. The van der Waals surface area contributed by atoms with Crippen molar-refractivity contribution in [3.8, 4) is 0 Å². The highest BCUT2D eigenvalue weighted by atomic mass is 16.5. The Hall–Kier alpha value is -2.83. The molecule has 0 fully saturated rings. The van der Waals surface area contributed by atoms with Gasteiger partial charge in [-0.3, -0.25) is 0 Å². The van der Waals surface area contributed by atoms with Gasteiger partial charge in [0.25, 0.3) is 0 Å². The molecule has 2 aromatic carbocycles. The van der Waals surface area contributed by atoms with E-state index < -0.39 is 18.3 Å². The van der Waals surface area contributed by atoms with Crippen molar-refractivity contribution in [3.63, 3.8) is 0 Å². The number of benzene rings is 2. The van der Waals surface area contributed by atoms with E-state index in [-0.39, 0.29) is 13.2 Å². The van der Waals surface area contributed by atoms with Crippen molar-refractivity contribution in [1.29, 1.82) is 0 Å². The van der Waals surface area contributed by atoms with E-state index >= 15 is 0 Å². The van der Waals surface area contributed by atoms with E-state index in [0.29, 0.717) is 5.56 Å². The van der Waals surface area contributed by atoms with Crippen LogP contribution >= 0.6 is 0 Å². The van der Waals surface area contributed by atoms with Gasteiger partial charge in [-0.15, -0.1) is 0 Å². The van der Waals surface area contributed by atoms with Crippen molar-refractivity contribution in [2.24, 2.45) is 7.05 Å². The summed E-state index contributed by atoms with van der Waals surface area (Å²) in [4.78, 5) is 11.7. The third-order valence-electron chi connectivity index (χ3n) is 4.28. The highest BCUT2D eigenvalue weighted by Crippen LogP contribution is 2.23. The number of nitrogens with zero attached hydrogens (tertiary/aromatic N) is 1.